The molecule has 1 aliphatic heterocycles. The largest absolute Gasteiger partial charge is 0.496 e. The van der Waals surface area contributed by atoms with Crippen LogP contribution in [-0.4, -0.2) is 46.0 Å². The van der Waals surface area contributed by atoms with Gasteiger partial charge in [0.15, 0.2) is 0 Å². The minimum absolute atomic E-state index is 0.0847. The van der Waals surface area contributed by atoms with Crippen LogP contribution in [0.5, 0.6) is 5.75 Å². The third kappa shape index (κ3) is 2.10. The maximum absolute atomic E-state index is 11.4. The Labute approximate surface area is 129 Å². The van der Waals surface area contributed by atoms with Crippen molar-refractivity contribution in [2.45, 2.75) is 32.7 Å². The number of nitrogens with one attached hydrogen (secondary N) is 1. The van der Waals surface area contributed by atoms with Gasteiger partial charge in [0.2, 0.25) is 0 Å². The van der Waals surface area contributed by atoms with Gasteiger partial charge in [0.25, 0.3) is 0 Å². The Hall–Kier alpha value is -2.24. The zero-order valence-corrected chi connectivity index (χ0v) is 13.3. The van der Waals surface area contributed by atoms with Gasteiger partial charge in [0, 0.05) is 18.5 Å². The van der Waals surface area contributed by atoms with Crippen molar-refractivity contribution in [1.29, 1.82) is 0 Å². The molecule has 6 heteroatoms. The number of methoxy groups -OCH3 is 1. The summed E-state index contributed by atoms with van der Waals surface area (Å²) in [5.74, 6) is 0.861. The van der Waals surface area contributed by atoms with Gasteiger partial charge >= 0.3 is 6.09 Å². The topological polar surface area (TPSA) is 78.5 Å². The number of carbonyl (C=O) groups is 1. The fraction of sp³-hybridized carbons (Fsp3) is 0.500. The maximum atomic E-state index is 11.4. The number of nitrogens with zero attached hydrogens (tertiary/aromatic N) is 2. The Balaban J connectivity index is 2.06. The van der Waals surface area contributed by atoms with Crippen LogP contribution in [-0.2, 0) is 0 Å². The molecule has 0 radical (unpaired) electrons. The van der Waals surface area contributed by atoms with Crippen LogP contribution in [0.25, 0.3) is 10.9 Å². The number of ether oxygens (including phenoxy) is 1. The van der Waals surface area contributed by atoms with Crippen molar-refractivity contribution < 1.29 is 14.6 Å². The van der Waals surface area contributed by atoms with E-state index >= 15 is 0 Å². The van der Waals surface area contributed by atoms with Crippen LogP contribution < -0.4 is 4.74 Å². The first-order valence-electron chi connectivity index (χ1n) is 7.35. The predicted molar refractivity (Wildman–Crippen MR) is 83.4 cm³/mol. The molecule has 2 atom stereocenters. The second-order valence-corrected chi connectivity index (χ2v) is 6.84. The monoisotopic (exact) mass is 303 g/mol. The number of aromatic amines is 1. The van der Waals surface area contributed by atoms with Crippen LogP contribution in [0.1, 0.15) is 32.4 Å². The summed E-state index contributed by atoms with van der Waals surface area (Å²) >= 11 is 0. The molecule has 2 N–H and O–H groups in total. The highest BCUT2D eigenvalue weighted by Gasteiger charge is 2.50. The number of fused-ring (bicyclic) bond motifs is 1. The van der Waals surface area contributed by atoms with Crippen LogP contribution in [0.3, 0.4) is 0 Å². The average molecular weight is 303 g/mol. The van der Waals surface area contributed by atoms with Crippen molar-refractivity contribution in [3.63, 3.8) is 0 Å². The minimum Gasteiger partial charge on any atom is -0.496 e. The van der Waals surface area contributed by atoms with Crippen molar-refractivity contribution in [3.05, 3.63) is 23.9 Å². The first-order valence-corrected chi connectivity index (χ1v) is 7.35. The lowest BCUT2D eigenvalue weighted by molar-refractivity contribution is -0.00255. The van der Waals surface area contributed by atoms with Crippen molar-refractivity contribution >= 4 is 17.0 Å². The normalized spacial score (nSPS) is 21.7. The summed E-state index contributed by atoms with van der Waals surface area (Å²) in [5.41, 5.74) is 1.65. The summed E-state index contributed by atoms with van der Waals surface area (Å²) in [4.78, 5) is 12.9. The molecular formula is C16H21N3O3. The smallest absolute Gasteiger partial charge is 0.407 e. The molecule has 1 saturated heterocycles. The van der Waals surface area contributed by atoms with Crippen LogP contribution in [0.2, 0.25) is 0 Å². The number of benzene rings is 1. The zero-order chi connectivity index (χ0) is 16.1. The molecule has 1 aromatic heterocycles. The number of hydrogen-bond donors (Lipinski definition) is 2. The van der Waals surface area contributed by atoms with Crippen molar-refractivity contribution in [1.82, 2.24) is 15.1 Å². The maximum Gasteiger partial charge on any atom is 0.407 e. The molecule has 6 nitrogen and oxygen atoms in total. The Morgan fingerprint density at radius 1 is 1.45 bits per heavy atom. The van der Waals surface area contributed by atoms with Gasteiger partial charge < -0.3 is 14.7 Å². The highest BCUT2D eigenvalue weighted by Crippen LogP contribution is 2.46. The van der Waals surface area contributed by atoms with Gasteiger partial charge in [-0.05, 0) is 17.5 Å². The quantitative estimate of drug-likeness (QED) is 0.893. The average Bonchev–Trinajstić information content (AvgIpc) is 2.79. The lowest BCUT2D eigenvalue weighted by atomic mass is 9.70. The number of rotatable bonds is 2. The molecule has 1 fully saturated rings. The summed E-state index contributed by atoms with van der Waals surface area (Å²) in [7, 11) is 1.64. The molecule has 0 spiro atoms. The van der Waals surface area contributed by atoms with E-state index in [1.165, 1.54) is 4.90 Å². The van der Waals surface area contributed by atoms with E-state index < -0.39 is 6.09 Å². The van der Waals surface area contributed by atoms with E-state index in [4.69, 9.17) is 4.74 Å². The van der Waals surface area contributed by atoms with E-state index in [1.54, 1.807) is 7.11 Å². The highest BCUT2D eigenvalue weighted by molar-refractivity contribution is 5.88. The summed E-state index contributed by atoms with van der Waals surface area (Å²) in [5, 5.41) is 17.8. The van der Waals surface area contributed by atoms with E-state index in [1.807, 2.05) is 18.2 Å². The Bertz CT molecular complexity index is 717. The molecule has 1 amide bonds. The second kappa shape index (κ2) is 4.90. The summed E-state index contributed by atoms with van der Waals surface area (Å²) in [6.45, 7) is 6.67. The van der Waals surface area contributed by atoms with E-state index in [0.717, 1.165) is 22.3 Å². The van der Waals surface area contributed by atoms with E-state index in [0.29, 0.717) is 6.54 Å². The molecule has 3 rings (SSSR count). The molecule has 0 saturated carbocycles. The second-order valence-electron chi connectivity index (χ2n) is 6.84. The van der Waals surface area contributed by atoms with Crippen LogP contribution in [0.4, 0.5) is 4.79 Å². The van der Waals surface area contributed by atoms with Gasteiger partial charge in [0.1, 0.15) is 5.75 Å². The van der Waals surface area contributed by atoms with Gasteiger partial charge in [-0.3, -0.25) is 5.10 Å². The van der Waals surface area contributed by atoms with E-state index in [-0.39, 0.29) is 17.4 Å². The van der Waals surface area contributed by atoms with E-state index in [9.17, 15) is 9.90 Å². The van der Waals surface area contributed by atoms with Crippen LogP contribution in [0.15, 0.2) is 18.2 Å². The van der Waals surface area contributed by atoms with E-state index in [2.05, 4.69) is 31.0 Å². The first-order chi connectivity index (χ1) is 10.3. The predicted octanol–water partition coefficient (Wildman–Crippen LogP) is 3.06. The molecule has 0 aliphatic carbocycles. The summed E-state index contributed by atoms with van der Waals surface area (Å²) in [6.07, 6.45) is -0.869. The number of amides is 1. The number of hydrogen-bond acceptors (Lipinski definition) is 3. The van der Waals surface area contributed by atoms with Crippen LogP contribution in [0, 0.1) is 5.41 Å². The standard InChI is InChI=1S/C16H21N3O3/c1-16(2,3)14-9(8-19(14)15(20)21)13-12-10(17-18-13)6-5-7-11(12)22-4/h5-7,9,14H,8H2,1-4H3,(H,17,18)(H,20,21). The first kappa shape index (κ1) is 14.7. The number of carboxylic acid groups (broad SMARTS) is 1. The Kier molecular flexibility index (Phi) is 3.27. The third-order valence-electron chi connectivity index (χ3n) is 4.40. The fourth-order valence-corrected chi connectivity index (χ4v) is 3.52. The lowest BCUT2D eigenvalue weighted by Gasteiger charge is -2.52. The van der Waals surface area contributed by atoms with Crippen molar-refractivity contribution in [3.8, 4) is 5.75 Å². The molecule has 118 valence electrons. The SMILES string of the molecule is COc1cccc2n[nH]c(C3CN(C(=O)O)C3C(C)(C)C)c12. The molecule has 2 aromatic rings. The van der Waals surface area contributed by atoms with Crippen LogP contribution >= 0.6 is 0 Å². The van der Waals surface area contributed by atoms with Crippen molar-refractivity contribution in [2.75, 3.05) is 13.7 Å². The molecule has 2 heterocycles. The third-order valence-corrected chi connectivity index (χ3v) is 4.40. The lowest BCUT2D eigenvalue weighted by Crippen LogP contribution is -2.62. The minimum atomic E-state index is -0.869. The van der Waals surface area contributed by atoms with Gasteiger partial charge in [-0.1, -0.05) is 26.8 Å². The molecule has 1 aliphatic rings. The fourth-order valence-electron chi connectivity index (χ4n) is 3.52. The molecule has 1 aromatic carbocycles. The molecule has 2 unspecified atom stereocenters. The molecule has 22 heavy (non-hydrogen) atoms. The Morgan fingerprint density at radius 3 is 2.77 bits per heavy atom. The molecular weight excluding hydrogens is 282 g/mol. The van der Waals surface area contributed by atoms with Gasteiger partial charge in [-0.15, -0.1) is 0 Å². The summed E-state index contributed by atoms with van der Waals surface area (Å²) < 4.78 is 5.45. The van der Waals surface area contributed by atoms with Gasteiger partial charge in [0.05, 0.1) is 23.7 Å². The van der Waals surface area contributed by atoms with Gasteiger partial charge in [-0.25, -0.2) is 4.79 Å². The highest BCUT2D eigenvalue weighted by atomic mass is 16.5. The zero-order valence-electron chi connectivity index (χ0n) is 13.3. The van der Waals surface area contributed by atoms with Gasteiger partial charge in [-0.2, -0.15) is 5.10 Å². The number of likely N-dealkylation sites (tertiary alicyclic amines) is 1. The summed E-state index contributed by atoms with van der Waals surface area (Å²) in [6, 6.07) is 5.65. The number of aromatic nitrogens is 2. The molecule has 0 bridgehead atoms. The Morgan fingerprint density at radius 2 is 2.18 bits per heavy atom. The van der Waals surface area contributed by atoms with Crippen molar-refractivity contribution in [2.24, 2.45) is 5.41 Å². The number of H-pyrrole nitrogens is 1.